The third-order valence-corrected chi connectivity index (χ3v) is 1.11. The summed E-state index contributed by atoms with van der Waals surface area (Å²) in [6, 6.07) is 4.59. The van der Waals surface area contributed by atoms with E-state index in [0.29, 0.717) is 5.56 Å². The minimum Gasteiger partial charge on any atom is -0.207 e. The van der Waals surface area contributed by atoms with Gasteiger partial charge in [0, 0.05) is 0 Å². The van der Waals surface area contributed by atoms with Crippen LogP contribution in [0.15, 0.2) is 18.2 Å². The second-order valence-corrected chi connectivity index (χ2v) is 1.93. The summed E-state index contributed by atoms with van der Waals surface area (Å²) < 4.78 is 12.4. The van der Waals surface area contributed by atoms with Gasteiger partial charge in [0.1, 0.15) is 5.82 Å². The van der Waals surface area contributed by atoms with Gasteiger partial charge in [-0.05, 0) is 31.0 Å². The van der Waals surface area contributed by atoms with E-state index < -0.39 is 0 Å². The molecule has 46 valence electrons. The Kier molecular flexibility index (Phi) is 1.52. The smallest absolute Gasteiger partial charge is 0.126 e. The molecular weight excluding hydrogens is 115 g/mol. The molecule has 9 heavy (non-hydrogen) atoms. The van der Waals surface area contributed by atoms with Crippen molar-refractivity contribution in [3.05, 3.63) is 49.0 Å². The van der Waals surface area contributed by atoms with Crippen molar-refractivity contribution in [2.45, 2.75) is 0 Å². The molecule has 0 fully saturated rings. The zero-order valence-electron chi connectivity index (χ0n) is 5.02. The third kappa shape index (κ3) is 1.28. The van der Waals surface area contributed by atoms with Gasteiger partial charge in [-0.2, -0.15) is 0 Å². The van der Waals surface area contributed by atoms with Crippen molar-refractivity contribution in [2.24, 2.45) is 0 Å². The van der Waals surface area contributed by atoms with E-state index in [1.807, 2.05) is 0 Å². The Labute approximate surface area is 54.3 Å². The van der Waals surface area contributed by atoms with Crippen LogP contribution in [0.25, 0.3) is 0 Å². The highest BCUT2D eigenvalue weighted by Gasteiger charge is 1.93. The quantitative estimate of drug-likeness (QED) is 0.494. The van der Waals surface area contributed by atoms with E-state index in [4.69, 9.17) is 0 Å². The maximum absolute atomic E-state index is 12.4. The molecular formula is C8H7F. The van der Waals surface area contributed by atoms with Gasteiger partial charge in [0.2, 0.25) is 0 Å². The first-order chi connectivity index (χ1) is 4.20. The molecule has 1 heteroatoms. The van der Waals surface area contributed by atoms with Crippen molar-refractivity contribution in [3.63, 3.8) is 0 Å². The molecule has 1 rings (SSSR count). The molecule has 0 aromatic heterocycles. The molecule has 0 aliphatic rings. The summed E-state index contributed by atoms with van der Waals surface area (Å²) in [5.41, 5.74) is 1.20. The highest BCUT2D eigenvalue weighted by molar-refractivity contribution is 5.28. The lowest BCUT2D eigenvalue weighted by molar-refractivity contribution is 0.622. The second kappa shape index (κ2) is 2.18. The minimum absolute atomic E-state index is 0.276. The van der Waals surface area contributed by atoms with E-state index in [1.54, 1.807) is 12.1 Å². The summed E-state index contributed by atoms with van der Waals surface area (Å²) in [5, 5.41) is 0. The summed E-state index contributed by atoms with van der Waals surface area (Å²) >= 11 is 0. The molecule has 0 aliphatic carbocycles. The summed E-state index contributed by atoms with van der Waals surface area (Å²) in [6.45, 7) is 7.08. The van der Waals surface area contributed by atoms with Crippen LogP contribution in [0, 0.1) is 19.7 Å². The third-order valence-electron chi connectivity index (χ3n) is 1.11. The van der Waals surface area contributed by atoms with Gasteiger partial charge in [0.05, 0.1) is 0 Å². The Bertz CT molecular complexity index is 216. The topological polar surface area (TPSA) is 0 Å². The van der Waals surface area contributed by atoms with Gasteiger partial charge in [0.25, 0.3) is 0 Å². The lowest BCUT2D eigenvalue weighted by Crippen LogP contribution is -1.81. The lowest BCUT2D eigenvalue weighted by Gasteiger charge is -1.94. The zero-order valence-corrected chi connectivity index (χ0v) is 5.02. The van der Waals surface area contributed by atoms with Crippen LogP contribution in [0.3, 0.4) is 0 Å². The molecule has 0 heterocycles. The Morgan fingerprint density at radius 1 is 1.22 bits per heavy atom. The largest absolute Gasteiger partial charge is 0.207 e. The molecule has 1 aromatic carbocycles. The fourth-order valence-corrected chi connectivity index (χ4v) is 0.628. The normalized spacial score (nSPS) is 9.67. The van der Waals surface area contributed by atoms with Crippen LogP contribution in [-0.2, 0) is 0 Å². The molecule has 0 atom stereocenters. The van der Waals surface area contributed by atoms with Gasteiger partial charge in [0.15, 0.2) is 0 Å². The van der Waals surface area contributed by atoms with Crippen LogP contribution in [-0.4, -0.2) is 0 Å². The number of benzene rings is 1. The number of rotatable bonds is 0. The van der Waals surface area contributed by atoms with E-state index >= 15 is 0 Å². The van der Waals surface area contributed by atoms with E-state index in [-0.39, 0.29) is 5.82 Å². The zero-order chi connectivity index (χ0) is 6.85. The average Bonchev–Trinajstić information content (AvgIpc) is 1.80. The van der Waals surface area contributed by atoms with E-state index in [2.05, 4.69) is 13.8 Å². The van der Waals surface area contributed by atoms with Crippen molar-refractivity contribution in [1.82, 2.24) is 0 Å². The molecule has 1 aromatic rings. The Morgan fingerprint density at radius 2 is 1.89 bits per heavy atom. The summed E-state index contributed by atoms with van der Waals surface area (Å²) in [5.74, 6) is -0.276. The molecule has 0 amide bonds. The maximum Gasteiger partial charge on any atom is 0.126 e. The Hall–Kier alpha value is -0.850. The van der Waals surface area contributed by atoms with E-state index in [1.165, 1.54) is 6.07 Å². The molecule has 0 saturated heterocycles. The van der Waals surface area contributed by atoms with E-state index in [0.717, 1.165) is 5.56 Å². The van der Waals surface area contributed by atoms with Gasteiger partial charge < -0.3 is 0 Å². The van der Waals surface area contributed by atoms with Gasteiger partial charge >= 0.3 is 0 Å². The number of hydrogen-bond donors (Lipinski definition) is 0. The standard InChI is InChI=1S/C8H7F/c1-6-3-4-8(9)7(2)5-6/h3-5H,1-2H2. The lowest BCUT2D eigenvalue weighted by atomic mass is 10.1. The van der Waals surface area contributed by atoms with Crippen molar-refractivity contribution >= 4 is 0 Å². The second-order valence-electron chi connectivity index (χ2n) is 1.93. The fraction of sp³-hybridized carbons (Fsp3) is 0. The van der Waals surface area contributed by atoms with Crippen LogP contribution in [0.5, 0.6) is 0 Å². The van der Waals surface area contributed by atoms with Gasteiger partial charge in [-0.1, -0.05) is 12.1 Å². The molecule has 0 saturated carbocycles. The first-order valence-electron chi connectivity index (χ1n) is 2.63. The summed E-state index contributed by atoms with van der Waals surface area (Å²) in [6.07, 6.45) is 0. The monoisotopic (exact) mass is 122 g/mol. The van der Waals surface area contributed by atoms with Crippen LogP contribution in [0.2, 0.25) is 0 Å². The SMILES string of the molecule is [CH2]c1ccc(F)c([CH2])c1. The molecule has 0 nitrogen and oxygen atoms in total. The molecule has 0 spiro atoms. The first kappa shape index (κ1) is 6.27. The van der Waals surface area contributed by atoms with E-state index in [9.17, 15) is 4.39 Å². The fourth-order valence-electron chi connectivity index (χ4n) is 0.628. The maximum atomic E-state index is 12.4. The predicted octanol–water partition coefficient (Wildman–Crippen LogP) is 2.19. The number of hydrogen-bond acceptors (Lipinski definition) is 0. The Balaban J connectivity index is 3.17. The van der Waals surface area contributed by atoms with Crippen molar-refractivity contribution < 1.29 is 4.39 Å². The molecule has 0 bridgehead atoms. The molecule has 0 N–H and O–H groups in total. The first-order valence-corrected chi connectivity index (χ1v) is 2.63. The van der Waals surface area contributed by atoms with Gasteiger partial charge in [-0.15, -0.1) is 0 Å². The highest BCUT2D eigenvalue weighted by atomic mass is 19.1. The molecule has 2 radical (unpaired) electrons. The van der Waals surface area contributed by atoms with Crippen LogP contribution in [0.4, 0.5) is 4.39 Å². The minimum atomic E-state index is -0.276. The molecule has 0 unspecified atom stereocenters. The van der Waals surface area contributed by atoms with Gasteiger partial charge in [-0.25, -0.2) is 4.39 Å². The Morgan fingerprint density at radius 3 is 2.33 bits per heavy atom. The summed E-state index contributed by atoms with van der Waals surface area (Å²) in [7, 11) is 0. The van der Waals surface area contributed by atoms with Crippen LogP contribution >= 0.6 is 0 Å². The van der Waals surface area contributed by atoms with Crippen molar-refractivity contribution in [2.75, 3.05) is 0 Å². The highest BCUT2D eigenvalue weighted by Crippen LogP contribution is 2.06. The van der Waals surface area contributed by atoms with Crippen molar-refractivity contribution in [1.29, 1.82) is 0 Å². The van der Waals surface area contributed by atoms with Crippen LogP contribution < -0.4 is 0 Å². The summed E-state index contributed by atoms with van der Waals surface area (Å²) in [4.78, 5) is 0. The van der Waals surface area contributed by atoms with Gasteiger partial charge in [-0.3, -0.25) is 0 Å². The molecule has 0 aliphatic heterocycles. The predicted molar refractivity (Wildman–Crippen MR) is 35.3 cm³/mol. The average molecular weight is 122 g/mol. The number of halogens is 1. The van der Waals surface area contributed by atoms with Crippen molar-refractivity contribution in [3.8, 4) is 0 Å². The van der Waals surface area contributed by atoms with Crippen LogP contribution in [0.1, 0.15) is 11.1 Å².